The minimum absolute atomic E-state index is 0.384. The van der Waals surface area contributed by atoms with Crippen molar-refractivity contribution in [3.63, 3.8) is 0 Å². The van der Waals surface area contributed by atoms with E-state index in [4.69, 9.17) is 10.8 Å². The van der Waals surface area contributed by atoms with Gasteiger partial charge in [0.15, 0.2) is 0 Å². The third kappa shape index (κ3) is 4.62. The van der Waals surface area contributed by atoms with Crippen molar-refractivity contribution >= 4 is 25.5 Å². The minimum atomic E-state index is -1.41. The summed E-state index contributed by atoms with van der Waals surface area (Å²) in [5.74, 6) is 3.06. The van der Waals surface area contributed by atoms with E-state index in [1.54, 1.807) is 18.2 Å². The zero-order valence-electron chi connectivity index (χ0n) is 10.2. The number of anilines is 2. The Morgan fingerprint density at radius 3 is 2.53 bits per heavy atom. The molecule has 0 heterocycles. The monoisotopic (exact) mass is 248 g/mol. The van der Waals surface area contributed by atoms with E-state index < -0.39 is 14.2 Å². The highest BCUT2D eigenvalue weighted by Gasteiger charge is 2.08. The molecule has 90 valence electrons. The number of amides is 1. The van der Waals surface area contributed by atoms with Crippen LogP contribution in [-0.4, -0.2) is 19.3 Å². The topological polar surface area (TPSA) is 75.3 Å². The number of nitrogens with two attached hydrogens (primary N) is 1. The van der Waals surface area contributed by atoms with Gasteiger partial charge in [-0.25, -0.2) is 4.79 Å². The lowest BCUT2D eigenvalue weighted by molar-refractivity contribution is 0.210. The van der Waals surface area contributed by atoms with Crippen LogP contribution in [0.15, 0.2) is 18.2 Å². The van der Waals surface area contributed by atoms with Crippen molar-refractivity contribution in [2.75, 3.05) is 11.1 Å². The summed E-state index contributed by atoms with van der Waals surface area (Å²) in [6.07, 6.45) is -1.13. The third-order valence-electron chi connectivity index (χ3n) is 1.88. The second kappa shape index (κ2) is 4.93. The van der Waals surface area contributed by atoms with Gasteiger partial charge in [0.1, 0.15) is 8.07 Å². The molecule has 0 atom stereocenters. The summed E-state index contributed by atoms with van der Waals surface area (Å²) in [5.41, 5.74) is 10.5. The predicted octanol–water partition coefficient (Wildman–Crippen LogP) is 2.59. The molecule has 4 nitrogen and oxygen atoms in total. The van der Waals surface area contributed by atoms with Gasteiger partial charge in [0.2, 0.25) is 0 Å². The van der Waals surface area contributed by atoms with E-state index in [2.05, 4.69) is 36.4 Å². The molecule has 17 heavy (non-hydrogen) atoms. The Morgan fingerprint density at radius 2 is 2.06 bits per heavy atom. The lowest BCUT2D eigenvalue weighted by Crippen LogP contribution is -2.16. The lowest BCUT2D eigenvalue weighted by Gasteiger charge is -2.06. The van der Waals surface area contributed by atoms with Crippen molar-refractivity contribution < 1.29 is 9.90 Å². The molecule has 1 amide bonds. The summed E-state index contributed by atoms with van der Waals surface area (Å²) in [4.78, 5) is 10.5. The van der Waals surface area contributed by atoms with Crippen LogP contribution in [0.4, 0.5) is 16.2 Å². The summed E-state index contributed by atoms with van der Waals surface area (Å²) < 4.78 is 0. The lowest BCUT2D eigenvalue weighted by atomic mass is 10.2. The fourth-order valence-electron chi connectivity index (χ4n) is 1.13. The Labute approximate surface area is 102 Å². The summed E-state index contributed by atoms with van der Waals surface area (Å²) >= 11 is 0. The van der Waals surface area contributed by atoms with E-state index >= 15 is 0 Å². The molecule has 0 aliphatic rings. The Hall–Kier alpha value is -1.93. The zero-order valence-corrected chi connectivity index (χ0v) is 11.2. The molecule has 0 saturated carbocycles. The fraction of sp³-hybridized carbons (Fsp3) is 0.250. The van der Waals surface area contributed by atoms with Crippen molar-refractivity contribution in [3.8, 4) is 11.5 Å². The van der Waals surface area contributed by atoms with E-state index in [1.165, 1.54) is 0 Å². The van der Waals surface area contributed by atoms with Gasteiger partial charge in [-0.15, -0.1) is 5.54 Å². The van der Waals surface area contributed by atoms with Gasteiger partial charge in [0.25, 0.3) is 0 Å². The SMILES string of the molecule is C[Si](C)(C)C#Cc1ccc(NC(=O)O)c(N)c1. The first-order chi connectivity index (χ1) is 7.78. The number of rotatable bonds is 1. The Morgan fingerprint density at radius 1 is 1.41 bits per heavy atom. The Bertz CT molecular complexity index is 495. The first-order valence-corrected chi connectivity index (χ1v) is 8.70. The highest BCUT2D eigenvalue weighted by molar-refractivity contribution is 6.83. The van der Waals surface area contributed by atoms with Gasteiger partial charge in [0.05, 0.1) is 11.4 Å². The van der Waals surface area contributed by atoms with Gasteiger partial charge in [-0.3, -0.25) is 5.32 Å². The molecule has 1 aromatic carbocycles. The van der Waals surface area contributed by atoms with Gasteiger partial charge in [-0.05, 0) is 18.2 Å². The molecular weight excluding hydrogens is 232 g/mol. The summed E-state index contributed by atoms with van der Waals surface area (Å²) in [6.45, 7) is 6.47. The molecule has 5 heteroatoms. The van der Waals surface area contributed by atoms with Crippen LogP contribution in [0.3, 0.4) is 0 Å². The molecule has 0 unspecified atom stereocenters. The van der Waals surface area contributed by atoms with Gasteiger partial charge in [0, 0.05) is 5.56 Å². The number of carboxylic acid groups (broad SMARTS) is 1. The molecular formula is C12H16N2O2Si. The molecule has 1 aromatic rings. The smallest absolute Gasteiger partial charge is 0.409 e. The summed E-state index contributed by atoms with van der Waals surface area (Å²) in [6, 6.07) is 5.06. The van der Waals surface area contributed by atoms with Crippen LogP contribution in [0.25, 0.3) is 0 Å². The molecule has 0 spiro atoms. The number of nitrogen functional groups attached to an aromatic ring is 1. The molecule has 0 aliphatic heterocycles. The van der Waals surface area contributed by atoms with Crippen molar-refractivity contribution in [2.24, 2.45) is 0 Å². The minimum Gasteiger partial charge on any atom is -0.465 e. The van der Waals surface area contributed by atoms with Crippen molar-refractivity contribution in [1.82, 2.24) is 0 Å². The quantitative estimate of drug-likeness (QED) is 0.406. The molecule has 0 radical (unpaired) electrons. The van der Waals surface area contributed by atoms with Crippen molar-refractivity contribution in [2.45, 2.75) is 19.6 Å². The van der Waals surface area contributed by atoms with Crippen molar-refractivity contribution in [1.29, 1.82) is 0 Å². The van der Waals surface area contributed by atoms with Crippen LogP contribution in [0.2, 0.25) is 19.6 Å². The number of hydrogen-bond donors (Lipinski definition) is 3. The Kier molecular flexibility index (Phi) is 3.81. The van der Waals surface area contributed by atoms with Gasteiger partial charge in [-0.2, -0.15) is 0 Å². The molecule has 4 N–H and O–H groups in total. The zero-order chi connectivity index (χ0) is 13.1. The Balaban J connectivity index is 2.96. The average molecular weight is 248 g/mol. The first-order valence-electron chi connectivity index (χ1n) is 5.20. The van der Waals surface area contributed by atoms with Gasteiger partial charge >= 0.3 is 6.09 Å². The second-order valence-corrected chi connectivity index (χ2v) is 9.48. The summed E-state index contributed by atoms with van der Waals surface area (Å²) in [5, 5.41) is 10.8. The molecule has 0 aromatic heterocycles. The van der Waals surface area contributed by atoms with Crippen LogP contribution in [0.1, 0.15) is 5.56 Å². The highest BCUT2D eigenvalue weighted by atomic mass is 28.3. The maximum absolute atomic E-state index is 10.5. The molecule has 0 saturated heterocycles. The number of hydrogen-bond acceptors (Lipinski definition) is 2. The van der Waals surface area contributed by atoms with E-state index in [1.807, 2.05) is 0 Å². The van der Waals surface area contributed by atoms with Crippen LogP contribution in [-0.2, 0) is 0 Å². The van der Waals surface area contributed by atoms with Crippen LogP contribution in [0.5, 0.6) is 0 Å². The molecule has 0 fully saturated rings. The normalized spacial score (nSPS) is 10.3. The summed E-state index contributed by atoms with van der Waals surface area (Å²) in [7, 11) is -1.41. The van der Waals surface area contributed by atoms with E-state index in [0.717, 1.165) is 5.56 Å². The molecule has 0 bridgehead atoms. The number of benzene rings is 1. The van der Waals surface area contributed by atoms with E-state index in [0.29, 0.717) is 11.4 Å². The molecule has 0 aliphatic carbocycles. The van der Waals surface area contributed by atoms with Crippen LogP contribution >= 0.6 is 0 Å². The largest absolute Gasteiger partial charge is 0.465 e. The van der Waals surface area contributed by atoms with E-state index in [-0.39, 0.29) is 0 Å². The van der Waals surface area contributed by atoms with E-state index in [9.17, 15) is 4.79 Å². The van der Waals surface area contributed by atoms with Gasteiger partial charge < -0.3 is 10.8 Å². The standard InChI is InChI=1S/C12H16N2O2Si/c1-17(2,3)7-6-9-4-5-11(10(13)8-9)14-12(15)16/h4-5,8,14H,13H2,1-3H3,(H,15,16). The number of nitrogens with one attached hydrogen (secondary N) is 1. The van der Waals surface area contributed by atoms with Crippen molar-refractivity contribution in [3.05, 3.63) is 23.8 Å². The van der Waals surface area contributed by atoms with Gasteiger partial charge in [-0.1, -0.05) is 25.6 Å². The maximum atomic E-state index is 10.5. The highest BCUT2D eigenvalue weighted by Crippen LogP contribution is 2.19. The first kappa shape index (κ1) is 13.1. The molecule has 1 rings (SSSR count). The van der Waals surface area contributed by atoms with Crippen LogP contribution < -0.4 is 11.1 Å². The second-order valence-electron chi connectivity index (χ2n) is 4.73. The predicted molar refractivity (Wildman–Crippen MR) is 72.7 cm³/mol. The maximum Gasteiger partial charge on any atom is 0.409 e. The third-order valence-corrected chi connectivity index (χ3v) is 2.75. The van der Waals surface area contributed by atoms with Crippen LogP contribution in [0, 0.1) is 11.5 Å². The number of carbonyl (C=O) groups is 1. The fourth-order valence-corrected chi connectivity index (χ4v) is 1.65. The average Bonchev–Trinajstić information content (AvgIpc) is 2.17.